The van der Waals surface area contributed by atoms with Crippen molar-refractivity contribution in [1.82, 2.24) is 14.9 Å². The van der Waals surface area contributed by atoms with Gasteiger partial charge in [-0.15, -0.1) is 5.10 Å². The van der Waals surface area contributed by atoms with Crippen molar-refractivity contribution in [1.29, 1.82) is 0 Å². The van der Waals surface area contributed by atoms with Crippen LogP contribution in [-0.2, 0) is 6.42 Å². The van der Waals surface area contributed by atoms with E-state index in [0.29, 0.717) is 18.2 Å². The van der Waals surface area contributed by atoms with Crippen molar-refractivity contribution in [2.75, 3.05) is 18.5 Å². The van der Waals surface area contributed by atoms with Crippen LogP contribution in [-0.4, -0.2) is 28.8 Å². The first-order valence-corrected chi connectivity index (χ1v) is 7.09. The molecular weight excluding hydrogens is 276 g/mol. The van der Waals surface area contributed by atoms with E-state index in [9.17, 15) is 4.79 Å². The maximum absolute atomic E-state index is 11.5. The summed E-state index contributed by atoms with van der Waals surface area (Å²) in [4.78, 5) is 11.5. The van der Waals surface area contributed by atoms with Gasteiger partial charge in [0, 0.05) is 18.1 Å². The van der Waals surface area contributed by atoms with E-state index < -0.39 is 0 Å². The predicted octanol–water partition coefficient (Wildman–Crippen LogP) is 2.30. The second kappa shape index (κ2) is 7.44. The molecule has 0 saturated heterocycles. The van der Waals surface area contributed by atoms with Crippen LogP contribution in [0.25, 0.3) is 0 Å². The van der Waals surface area contributed by atoms with Crippen molar-refractivity contribution >= 4 is 22.6 Å². The number of benzene rings is 1. The Balaban J connectivity index is 1.71. The van der Waals surface area contributed by atoms with Gasteiger partial charge in [0.15, 0.2) is 0 Å². The third-order valence-corrected chi connectivity index (χ3v) is 3.11. The Bertz CT molecular complexity index is 528. The number of aromatic nitrogens is 2. The second-order valence-electron chi connectivity index (χ2n) is 3.99. The number of anilines is 1. The van der Waals surface area contributed by atoms with Gasteiger partial charge in [-0.25, -0.2) is 4.79 Å². The van der Waals surface area contributed by atoms with Gasteiger partial charge in [0.1, 0.15) is 10.8 Å². The van der Waals surface area contributed by atoms with Gasteiger partial charge >= 0.3 is 6.03 Å². The van der Waals surface area contributed by atoms with Gasteiger partial charge in [-0.2, -0.15) is 0 Å². The lowest BCUT2D eigenvalue weighted by Crippen LogP contribution is -2.30. The number of rotatable bonds is 6. The Hall–Kier alpha value is -2.15. The summed E-state index contributed by atoms with van der Waals surface area (Å²) in [6.07, 6.45) is 2.28. The number of carbonyl (C=O) groups excluding carboxylic acids is 1. The van der Waals surface area contributed by atoms with Gasteiger partial charge in [0.2, 0.25) is 0 Å². The van der Waals surface area contributed by atoms with Gasteiger partial charge in [-0.3, -0.25) is 5.32 Å². The van der Waals surface area contributed by atoms with Crippen molar-refractivity contribution in [3.8, 4) is 5.75 Å². The van der Waals surface area contributed by atoms with Gasteiger partial charge in [0.25, 0.3) is 0 Å². The normalized spacial score (nSPS) is 10.1. The molecule has 0 spiro atoms. The molecule has 7 heteroatoms. The second-order valence-corrected chi connectivity index (χ2v) is 4.78. The van der Waals surface area contributed by atoms with Crippen molar-refractivity contribution in [3.05, 3.63) is 36.0 Å². The van der Waals surface area contributed by atoms with Crippen LogP contribution in [0.4, 0.5) is 9.80 Å². The highest BCUT2D eigenvalue weighted by Gasteiger charge is 2.03. The van der Waals surface area contributed by atoms with E-state index in [1.165, 1.54) is 6.20 Å². The average Bonchev–Trinajstić information content (AvgIpc) is 2.94. The lowest BCUT2D eigenvalue weighted by atomic mass is 10.1. The number of hydrogen-bond donors (Lipinski definition) is 2. The third kappa shape index (κ3) is 4.51. The lowest BCUT2D eigenvalue weighted by Gasteiger charge is -2.07. The fourth-order valence-electron chi connectivity index (χ4n) is 1.62. The van der Waals surface area contributed by atoms with Crippen LogP contribution >= 0.6 is 11.5 Å². The van der Waals surface area contributed by atoms with Crippen LogP contribution in [0, 0.1) is 0 Å². The number of amides is 2. The van der Waals surface area contributed by atoms with E-state index in [4.69, 9.17) is 4.74 Å². The van der Waals surface area contributed by atoms with Crippen LogP contribution in [0.3, 0.4) is 0 Å². The molecule has 0 unspecified atom stereocenters. The molecule has 2 aromatic rings. The first-order valence-electron chi connectivity index (χ1n) is 6.32. The van der Waals surface area contributed by atoms with Crippen molar-refractivity contribution in [3.63, 3.8) is 0 Å². The zero-order valence-electron chi connectivity index (χ0n) is 11.1. The molecule has 0 atom stereocenters. The summed E-state index contributed by atoms with van der Waals surface area (Å²) in [7, 11) is 0. The van der Waals surface area contributed by atoms with Gasteiger partial charge in [-0.05, 0) is 31.0 Å². The quantitative estimate of drug-likeness (QED) is 0.856. The number of nitrogens with one attached hydrogen (secondary N) is 2. The SMILES string of the molecule is CCOc1ccc(CCNC(=O)Nc2cnns2)cc1. The topological polar surface area (TPSA) is 76.1 Å². The zero-order valence-corrected chi connectivity index (χ0v) is 11.9. The van der Waals surface area contributed by atoms with Gasteiger partial charge in [0.05, 0.1) is 12.8 Å². The molecule has 2 N–H and O–H groups in total. The summed E-state index contributed by atoms with van der Waals surface area (Å²) in [5, 5.41) is 9.71. The monoisotopic (exact) mass is 292 g/mol. The first kappa shape index (κ1) is 14.3. The van der Waals surface area contributed by atoms with Crippen LogP contribution in [0.1, 0.15) is 12.5 Å². The number of urea groups is 1. The van der Waals surface area contributed by atoms with Crippen LogP contribution < -0.4 is 15.4 Å². The molecule has 20 heavy (non-hydrogen) atoms. The van der Waals surface area contributed by atoms with Crippen LogP contribution in [0.5, 0.6) is 5.75 Å². The van der Waals surface area contributed by atoms with Crippen LogP contribution in [0.15, 0.2) is 30.5 Å². The van der Waals surface area contributed by atoms with E-state index in [1.54, 1.807) is 0 Å². The van der Waals surface area contributed by atoms with Crippen molar-refractivity contribution in [2.24, 2.45) is 0 Å². The van der Waals surface area contributed by atoms with E-state index in [2.05, 4.69) is 20.2 Å². The average molecular weight is 292 g/mol. The maximum Gasteiger partial charge on any atom is 0.319 e. The molecule has 2 rings (SSSR count). The Labute approximate surface area is 121 Å². The standard InChI is InChI=1S/C13H16N4O2S/c1-2-19-11-5-3-10(4-6-11)7-8-14-13(18)16-12-9-15-17-20-12/h3-6,9H,2,7-8H2,1H3,(H2,14,16,18). The molecule has 1 aromatic heterocycles. The zero-order chi connectivity index (χ0) is 14.2. The van der Waals surface area contributed by atoms with Crippen molar-refractivity contribution in [2.45, 2.75) is 13.3 Å². The fraction of sp³-hybridized carbons (Fsp3) is 0.308. The Morgan fingerprint density at radius 1 is 1.35 bits per heavy atom. The van der Waals surface area contributed by atoms with Crippen molar-refractivity contribution < 1.29 is 9.53 Å². The summed E-state index contributed by atoms with van der Waals surface area (Å²) in [6.45, 7) is 3.18. The number of hydrogen-bond acceptors (Lipinski definition) is 5. The minimum atomic E-state index is -0.248. The predicted molar refractivity (Wildman–Crippen MR) is 78.2 cm³/mol. The summed E-state index contributed by atoms with van der Waals surface area (Å²) in [5.41, 5.74) is 1.15. The van der Waals surface area contributed by atoms with E-state index in [0.717, 1.165) is 29.3 Å². The molecule has 1 aromatic carbocycles. The summed E-state index contributed by atoms with van der Waals surface area (Å²) in [6, 6.07) is 7.61. The molecular formula is C13H16N4O2S. The molecule has 0 aliphatic carbocycles. The molecule has 0 saturated carbocycles. The van der Waals surface area contributed by atoms with Gasteiger partial charge in [-0.1, -0.05) is 16.6 Å². The Morgan fingerprint density at radius 3 is 2.80 bits per heavy atom. The Kier molecular flexibility index (Phi) is 5.31. The lowest BCUT2D eigenvalue weighted by molar-refractivity contribution is 0.252. The highest BCUT2D eigenvalue weighted by molar-refractivity contribution is 7.10. The molecule has 106 valence electrons. The van der Waals surface area contributed by atoms with Gasteiger partial charge < -0.3 is 10.1 Å². The van der Waals surface area contributed by atoms with E-state index in [-0.39, 0.29) is 6.03 Å². The highest BCUT2D eigenvalue weighted by atomic mass is 32.1. The molecule has 1 heterocycles. The number of nitrogens with zero attached hydrogens (tertiary/aromatic N) is 2. The summed E-state index contributed by atoms with van der Waals surface area (Å²) < 4.78 is 9.04. The first-order chi connectivity index (χ1) is 9.78. The fourth-order valence-corrected chi connectivity index (χ4v) is 2.03. The minimum Gasteiger partial charge on any atom is -0.494 e. The molecule has 0 aliphatic rings. The molecule has 0 bridgehead atoms. The maximum atomic E-state index is 11.5. The molecule has 0 aliphatic heterocycles. The molecule has 0 radical (unpaired) electrons. The smallest absolute Gasteiger partial charge is 0.319 e. The molecule has 2 amide bonds. The highest BCUT2D eigenvalue weighted by Crippen LogP contribution is 2.12. The summed E-state index contributed by atoms with van der Waals surface area (Å²) in [5.74, 6) is 0.861. The third-order valence-electron chi connectivity index (χ3n) is 2.53. The van der Waals surface area contributed by atoms with Crippen LogP contribution in [0.2, 0.25) is 0 Å². The van der Waals surface area contributed by atoms with E-state index >= 15 is 0 Å². The number of ether oxygens (including phenoxy) is 1. The largest absolute Gasteiger partial charge is 0.494 e. The minimum absolute atomic E-state index is 0.248. The number of carbonyl (C=O) groups is 1. The summed E-state index contributed by atoms with van der Waals surface area (Å²) >= 11 is 1.14. The molecule has 6 nitrogen and oxygen atoms in total. The molecule has 0 fully saturated rings. The Morgan fingerprint density at radius 2 is 2.15 bits per heavy atom. The van der Waals surface area contributed by atoms with E-state index in [1.807, 2.05) is 31.2 Å².